The van der Waals surface area contributed by atoms with Gasteiger partial charge in [0.25, 0.3) is 0 Å². The van der Waals surface area contributed by atoms with E-state index in [2.05, 4.69) is 55.2 Å². The number of carbonyl (C=O) groups is 1. The zero-order valence-corrected chi connectivity index (χ0v) is 25.2. The molecule has 228 valence electrons. The van der Waals surface area contributed by atoms with Gasteiger partial charge in [0.05, 0.1) is 6.61 Å². The van der Waals surface area contributed by atoms with Crippen molar-refractivity contribution in [1.82, 2.24) is 15.0 Å². The summed E-state index contributed by atoms with van der Waals surface area (Å²) in [6.07, 6.45) is 9.99. The summed E-state index contributed by atoms with van der Waals surface area (Å²) in [4.78, 5) is 28.7. The van der Waals surface area contributed by atoms with Crippen molar-refractivity contribution in [2.24, 2.45) is 0 Å². The van der Waals surface area contributed by atoms with Crippen LogP contribution in [-0.4, -0.2) is 58.6 Å². The van der Waals surface area contributed by atoms with E-state index in [9.17, 15) is 4.79 Å². The number of nitrogens with one attached hydrogen (secondary N) is 3. The number of aliphatic hydroxyl groups is 1. The van der Waals surface area contributed by atoms with Crippen LogP contribution in [0.1, 0.15) is 53.6 Å². The molecule has 1 saturated carbocycles. The fourth-order valence-corrected chi connectivity index (χ4v) is 5.20. The summed E-state index contributed by atoms with van der Waals surface area (Å²) in [5, 5.41) is 19.3. The van der Waals surface area contributed by atoms with E-state index in [0.29, 0.717) is 36.0 Å². The molecule has 9 nitrogen and oxygen atoms in total. The third-order valence-corrected chi connectivity index (χ3v) is 7.71. The van der Waals surface area contributed by atoms with E-state index in [1.54, 1.807) is 18.2 Å². The first-order chi connectivity index (χ1) is 21.6. The van der Waals surface area contributed by atoms with Gasteiger partial charge in [0, 0.05) is 43.1 Å². The number of carbonyl (C=O) groups excluding carboxylic acids is 1. The minimum absolute atomic E-state index is 0.0803. The predicted molar refractivity (Wildman–Crippen MR) is 179 cm³/mol. The molecule has 1 fully saturated rings. The average molecular weight is 592 g/mol. The minimum Gasteiger partial charge on any atom is -0.395 e. The highest BCUT2D eigenvalue weighted by Crippen LogP contribution is 2.23. The second kappa shape index (κ2) is 15.6. The largest absolute Gasteiger partial charge is 0.395 e. The van der Waals surface area contributed by atoms with Gasteiger partial charge in [0.15, 0.2) is 5.78 Å². The third kappa shape index (κ3) is 9.12. The summed E-state index contributed by atoms with van der Waals surface area (Å²) in [7, 11) is 1.93. The predicted octanol–water partition coefficient (Wildman–Crippen LogP) is 6.34. The molecule has 0 bridgehead atoms. The molecular formula is C35H41N7O2. The Morgan fingerprint density at radius 3 is 2.34 bits per heavy atom. The van der Waals surface area contributed by atoms with Gasteiger partial charge >= 0.3 is 0 Å². The Hall–Kier alpha value is -4.76. The van der Waals surface area contributed by atoms with E-state index >= 15 is 0 Å². The Balaban J connectivity index is 1.20. The van der Waals surface area contributed by atoms with Crippen LogP contribution < -0.4 is 20.9 Å². The van der Waals surface area contributed by atoms with Crippen LogP contribution in [0, 0.1) is 0 Å². The Morgan fingerprint density at radius 2 is 1.61 bits per heavy atom. The Morgan fingerprint density at radius 1 is 0.909 bits per heavy atom. The van der Waals surface area contributed by atoms with Gasteiger partial charge in [-0.2, -0.15) is 15.0 Å². The van der Waals surface area contributed by atoms with Crippen molar-refractivity contribution in [1.29, 1.82) is 0 Å². The van der Waals surface area contributed by atoms with Crippen molar-refractivity contribution in [3.05, 3.63) is 102 Å². The summed E-state index contributed by atoms with van der Waals surface area (Å²) in [5.41, 5.74) is 4.62. The van der Waals surface area contributed by atoms with Gasteiger partial charge < -0.3 is 26.0 Å². The molecule has 0 unspecified atom stereocenters. The molecule has 0 radical (unpaired) electrons. The molecule has 0 aliphatic heterocycles. The Kier molecular flexibility index (Phi) is 10.9. The average Bonchev–Trinajstić information content (AvgIpc) is 3.56. The molecule has 5 rings (SSSR count). The number of hydrogen-bond donors (Lipinski definition) is 4. The summed E-state index contributed by atoms with van der Waals surface area (Å²) < 4.78 is 0. The number of rotatable bonds is 15. The highest BCUT2D eigenvalue weighted by molar-refractivity contribution is 6.07. The maximum atomic E-state index is 12.8. The number of aromatic nitrogens is 3. The van der Waals surface area contributed by atoms with Gasteiger partial charge in [-0.3, -0.25) is 4.79 Å². The number of anilines is 5. The number of benzene rings is 3. The van der Waals surface area contributed by atoms with Crippen molar-refractivity contribution in [2.75, 3.05) is 47.6 Å². The maximum absolute atomic E-state index is 12.8. The lowest BCUT2D eigenvalue weighted by atomic mass is 10.1. The molecule has 1 aliphatic carbocycles. The number of likely N-dealkylation sites (N-methyl/N-ethyl adjacent to an activating group) is 1. The lowest BCUT2D eigenvalue weighted by molar-refractivity contribution is 0.104. The van der Waals surface area contributed by atoms with Gasteiger partial charge in [-0.05, 0) is 79.3 Å². The Bertz CT molecular complexity index is 1500. The van der Waals surface area contributed by atoms with Crippen molar-refractivity contribution in [3.8, 4) is 0 Å². The SMILES string of the molecule is CN(CCO)c1ccc(C=CC(=O)c2ccc(Nc3nc(NCCCc4ccccc4)nc(NC4CCCC4)n3)cc2)cc1. The number of hydrogen-bond acceptors (Lipinski definition) is 9. The van der Waals surface area contributed by atoms with Crippen LogP contribution in [0.2, 0.25) is 0 Å². The molecule has 3 aromatic carbocycles. The van der Waals surface area contributed by atoms with E-state index in [0.717, 1.165) is 49.2 Å². The first kappa shape index (κ1) is 30.7. The normalized spacial score (nSPS) is 13.2. The van der Waals surface area contributed by atoms with Gasteiger partial charge in [-0.1, -0.05) is 61.4 Å². The first-order valence-corrected chi connectivity index (χ1v) is 15.4. The molecule has 1 aromatic heterocycles. The van der Waals surface area contributed by atoms with Crippen LogP contribution in [0.5, 0.6) is 0 Å². The summed E-state index contributed by atoms with van der Waals surface area (Å²) in [5.74, 6) is 1.45. The third-order valence-electron chi connectivity index (χ3n) is 7.71. The molecule has 0 amide bonds. The van der Waals surface area contributed by atoms with Crippen molar-refractivity contribution < 1.29 is 9.90 Å². The van der Waals surface area contributed by atoms with Crippen LogP contribution in [0.15, 0.2) is 84.9 Å². The lowest BCUT2D eigenvalue weighted by Gasteiger charge is -2.17. The van der Waals surface area contributed by atoms with Crippen molar-refractivity contribution >= 4 is 41.1 Å². The topological polar surface area (TPSA) is 115 Å². The number of aryl methyl sites for hydroxylation is 1. The smallest absolute Gasteiger partial charge is 0.233 e. The second-order valence-corrected chi connectivity index (χ2v) is 11.1. The van der Waals surface area contributed by atoms with E-state index in [-0.39, 0.29) is 12.4 Å². The molecule has 44 heavy (non-hydrogen) atoms. The van der Waals surface area contributed by atoms with Gasteiger partial charge in [0.2, 0.25) is 17.8 Å². The number of nitrogens with zero attached hydrogens (tertiary/aromatic N) is 4. The van der Waals surface area contributed by atoms with E-state index in [4.69, 9.17) is 5.11 Å². The molecule has 9 heteroatoms. The zero-order valence-electron chi connectivity index (χ0n) is 25.2. The zero-order chi connectivity index (χ0) is 30.6. The van der Waals surface area contributed by atoms with E-state index in [1.165, 1.54) is 18.4 Å². The van der Waals surface area contributed by atoms with Crippen LogP contribution in [0.3, 0.4) is 0 Å². The number of aliphatic hydroxyl groups excluding tert-OH is 1. The fraction of sp³-hybridized carbons (Fsp3) is 0.314. The van der Waals surface area contributed by atoms with Crippen LogP contribution >= 0.6 is 0 Å². The monoisotopic (exact) mass is 591 g/mol. The van der Waals surface area contributed by atoms with Crippen LogP contribution in [0.25, 0.3) is 6.08 Å². The first-order valence-electron chi connectivity index (χ1n) is 15.4. The van der Waals surface area contributed by atoms with Crippen LogP contribution in [-0.2, 0) is 6.42 Å². The molecule has 0 spiro atoms. The van der Waals surface area contributed by atoms with Gasteiger partial charge in [-0.15, -0.1) is 0 Å². The molecule has 4 aromatic rings. The van der Waals surface area contributed by atoms with Crippen molar-refractivity contribution in [2.45, 2.75) is 44.6 Å². The minimum atomic E-state index is -0.0803. The quantitative estimate of drug-likeness (QED) is 0.0714. The highest BCUT2D eigenvalue weighted by atomic mass is 16.3. The summed E-state index contributed by atoms with van der Waals surface area (Å²) >= 11 is 0. The number of ketones is 1. The molecular weight excluding hydrogens is 550 g/mol. The lowest BCUT2D eigenvalue weighted by Crippen LogP contribution is -2.20. The van der Waals surface area contributed by atoms with E-state index < -0.39 is 0 Å². The molecule has 1 heterocycles. The summed E-state index contributed by atoms with van der Waals surface area (Å²) in [6.45, 7) is 1.41. The molecule has 0 atom stereocenters. The van der Waals surface area contributed by atoms with Crippen molar-refractivity contribution in [3.63, 3.8) is 0 Å². The molecule has 4 N–H and O–H groups in total. The number of allylic oxidation sites excluding steroid dienone is 1. The highest BCUT2D eigenvalue weighted by Gasteiger charge is 2.17. The maximum Gasteiger partial charge on any atom is 0.233 e. The van der Waals surface area contributed by atoms with Crippen LogP contribution in [0.4, 0.5) is 29.2 Å². The van der Waals surface area contributed by atoms with E-state index in [1.807, 2.05) is 60.5 Å². The molecule has 1 aliphatic rings. The summed E-state index contributed by atoms with van der Waals surface area (Å²) in [6, 6.07) is 26.0. The molecule has 0 saturated heterocycles. The standard InChI is InChI=1S/C35H41N7O2/c1-42(24-25-43)31-20-13-27(14-21-31)15-22-32(44)28-16-18-30(19-17-28)38-35-40-33(36-23-7-10-26-8-3-2-4-9-26)39-34(41-35)37-29-11-5-6-12-29/h2-4,8-9,13-22,29,43H,5-7,10-12,23-25H2,1H3,(H3,36,37,38,39,40,41). The fourth-order valence-electron chi connectivity index (χ4n) is 5.20. The second-order valence-electron chi connectivity index (χ2n) is 11.1. The Labute approximate surface area is 259 Å². The van der Waals surface area contributed by atoms with Gasteiger partial charge in [-0.25, -0.2) is 0 Å². The van der Waals surface area contributed by atoms with Gasteiger partial charge in [0.1, 0.15) is 0 Å².